The molecule has 0 spiro atoms. The van der Waals surface area contributed by atoms with E-state index in [2.05, 4.69) is 11.2 Å². The van der Waals surface area contributed by atoms with E-state index >= 15 is 0 Å². The van der Waals surface area contributed by atoms with Crippen LogP contribution in [0.15, 0.2) is 59.5 Å². The van der Waals surface area contributed by atoms with Crippen molar-refractivity contribution in [3.8, 4) is 12.3 Å². The first-order valence-electron chi connectivity index (χ1n) is 9.59. The summed E-state index contributed by atoms with van der Waals surface area (Å²) in [6.07, 6.45) is 5.45. The molecule has 2 aromatic carbocycles. The summed E-state index contributed by atoms with van der Waals surface area (Å²) < 4.78 is 26.7. The van der Waals surface area contributed by atoms with Gasteiger partial charge in [-0.15, -0.1) is 6.42 Å². The molecule has 2 amide bonds. The van der Waals surface area contributed by atoms with E-state index in [4.69, 9.17) is 6.42 Å². The fourth-order valence-electron chi connectivity index (χ4n) is 3.21. The molecule has 1 fully saturated rings. The zero-order valence-corrected chi connectivity index (χ0v) is 17.3. The van der Waals surface area contributed by atoms with Gasteiger partial charge in [0.25, 0.3) is 0 Å². The number of sulfonamides is 1. The van der Waals surface area contributed by atoms with Crippen LogP contribution in [0.4, 0.5) is 5.69 Å². The largest absolute Gasteiger partial charge is 0.340 e. The first-order chi connectivity index (χ1) is 14.4. The Labute approximate surface area is 176 Å². The number of piperazine rings is 1. The minimum absolute atomic E-state index is 0.0433. The van der Waals surface area contributed by atoms with Gasteiger partial charge in [-0.05, 0) is 30.3 Å². The van der Waals surface area contributed by atoms with Crippen LogP contribution in [0.1, 0.15) is 18.4 Å². The Balaban J connectivity index is 1.47. The Morgan fingerprint density at radius 2 is 1.67 bits per heavy atom. The van der Waals surface area contributed by atoms with Crippen molar-refractivity contribution in [2.24, 2.45) is 0 Å². The van der Waals surface area contributed by atoms with Gasteiger partial charge in [-0.3, -0.25) is 9.59 Å². The van der Waals surface area contributed by atoms with Crippen molar-refractivity contribution in [1.82, 2.24) is 9.21 Å². The summed E-state index contributed by atoms with van der Waals surface area (Å²) in [7, 11) is -3.56. The van der Waals surface area contributed by atoms with Gasteiger partial charge in [-0.2, -0.15) is 4.31 Å². The molecule has 1 aliphatic heterocycles. The predicted octanol–water partition coefficient (Wildman–Crippen LogP) is 1.92. The Morgan fingerprint density at radius 1 is 0.967 bits per heavy atom. The van der Waals surface area contributed by atoms with E-state index in [0.29, 0.717) is 24.3 Å². The van der Waals surface area contributed by atoms with Crippen LogP contribution in [0.2, 0.25) is 0 Å². The fourth-order valence-corrected chi connectivity index (χ4v) is 4.65. The second-order valence-corrected chi connectivity index (χ2v) is 8.81. The molecule has 0 atom stereocenters. The lowest BCUT2D eigenvalue weighted by Gasteiger charge is -2.34. The zero-order chi connectivity index (χ0) is 21.6. The third kappa shape index (κ3) is 5.26. The van der Waals surface area contributed by atoms with Gasteiger partial charge in [0.2, 0.25) is 21.8 Å². The molecule has 1 N–H and O–H groups in total. The van der Waals surface area contributed by atoms with Crippen LogP contribution in [-0.2, 0) is 19.6 Å². The molecular weight excluding hydrogens is 402 g/mol. The summed E-state index contributed by atoms with van der Waals surface area (Å²) in [5.41, 5.74) is 1.25. The highest BCUT2D eigenvalue weighted by Gasteiger charge is 2.29. The monoisotopic (exact) mass is 425 g/mol. The second kappa shape index (κ2) is 9.57. The molecule has 2 aromatic rings. The average Bonchev–Trinajstić information content (AvgIpc) is 2.78. The van der Waals surface area contributed by atoms with Crippen molar-refractivity contribution in [3.63, 3.8) is 0 Å². The topological polar surface area (TPSA) is 86.8 Å². The number of terminal acetylenes is 1. The van der Waals surface area contributed by atoms with Crippen LogP contribution >= 0.6 is 0 Å². The quantitative estimate of drug-likeness (QED) is 0.717. The molecule has 0 aliphatic carbocycles. The number of carbonyl (C=O) groups is 2. The molecule has 0 aromatic heterocycles. The molecule has 3 rings (SSSR count). The second-order valence-electron chi connectivity index (χ2n) is 6.87. The van der Waals surface area contributed by atoms with Crippen molar-refractivity contribution in [3.05, 3.63) is 60.2 Å². The lowest BCUT2D eigenvalue weighted by Crippen LogP contribution is -2.50. The third-order valence-electron chi connectivity index (χ3n) is 4.85. The van der Waals surface area contributed by atoms with Gasteiger partial charge in [-0.25, -0.2) is 8.42 Å². The molecule has 0 bridgehead atoms. The number of hydrogen-bond donors (Lipinski definition) is 1. The van der Waals surface area contributed by atoms with Crippen molar-refractivity contribution in [2.75, 3.05) is 31.5 Å². The van der Waals surface area contributed by atoms with E-state index < -0.39 is 10.0 Å². The summed E-state index contributed by atoms with van der Waals surface area (Å²) in [6.45, 7) is 1.07. The summed E-state index contributed by atoms with van der Waals surface area (Å²) in [4.78, 5) is 26.4. The minimum atomic E-state index is -3.56. The minimum Gasteiger partial charge on any atom is -0.340 e. The zero-order valence-electron chi connectivity index (χ0n) is 16.5. The van der Waals surface area contributed by atoms with Gasteiger partial charge in [0.1, 0.15) is 0 Å². The number of benzene rings is 2. The van der Waals surface area contributed by atoms with Crippen LogP contribution in [0.5, 0.6) is 0 Å². The van der Waals surface area contributed by atoms with Crippen molar-refractivity contribution in [2.45, 2.75) is 17.7 Å². The van der Waals surface area contributed by atoms with Crippen LogP contribution < -0.4 is 5.32 Å². The molecule has 1 heterocycles. The standard InChI is InChI=1S/C22H23N3O4S/c1-2-18-7-6-8-19(17-18)23-21(26)11-12-22(27)24-13-15-25(16-14-24)30(28,29)20-9-4-3-5-10-20/h1,3-10,17H,11-16H2,(H,23,26). The summed E-state index contributed by atoms with van der Waals surface area (Å²) in [6, 6.07) is 15.2. The lowest BCUT2D eigenvalue weighted by molar-refractivity contribution is -0.133. The van der Waals surface area contributed by atoms with Gasteiger partial charge in [-0.1, -0.05) is 30.2 Å². The van der Waals surface area contributed by atoms with E-state index in [-0.39, 0.29) is 42.6 Å². The molecule has 1 aliphatic rings. The van der Waals surface area contributed by atoms with Gasteiger partial charge < -0.3 is 10.2 Å². The molecule has 0 unspecified atom stereocenters. The maximum absolute atomic E-state index is 12.7. The van der Waals surface area contributed by atoms with E-state index in [9.17, 15) is 18.0 Å². The molecule has 30 heavy (non-hydrogen) atoms. The molecule has 0 radical (unpaired) electrons. The van der Waals surface area contributed by atoms with Crippen molar-refractivity contribution in [1.29, 1.82) is 0 Å². The number of carbonyl (C=O) groups excluding carboxylic acids is 2. The summed E-state index contributed by atoms with van der Waals surface area (Å²) in [5.74, 6) is 2.06. The maximum Gasteiger partial charge on any atom is 0.243 e. The SMILES string of the molecule is C#Cc1cccc(NC(=O)CCC(=O)N2CCN(S(=O)(=O)c3ccccc3)CC2)c1. The molecule has 8 heteroatoms. The number of hydrogen-bond acceptors (Lipinski definition) is 4. The highest BCUT2D eigenvalue weighted by Crippen LogP contribution is 2.18. The van der Waals surface area contributed by atoms with Gasteiger partial charge in [0.05, 0.1) is 4.90 Å². The van der Waals surface area contributed by atoms with Crippen molar-refractivity contribution >= 4 is 27.5 Å². The molecule has 156 valence electrons. The van der Waals surface area contributed by atoms with Crippen molar-refractivity contribution < 1.29 is 18.0 Å². The van der Waals surface area contributed by atoms with Crippen LogP contribution in [0, 0.1) is 12.3 Å². The summed E-state index contributed by atoms with van der Waals surface area (Å²) >= 11 is 0. The summed E-state index contributed by atoms with van der Waals surface area (Å²) in [5, 5.41) is 2.73. The van der Waals surface area contributed by atoms with E-state index in [0.717, 1.165) is 0 Å². The smallest absolute Gasteiger partial charge is 0.243 e. The Kier molecular flexibility index (Phi) is 6.87. The molecule has 0 saturated carbocycles. The number of rotatable bonds is 6. The molecule has 1 saturated heterocycles. The van der Waals surface area contributed by atoms with Gasteiger partial charge in [0.15, 0.2) is 0 Å². The third-order valence-corrected chi connectivity index (χ3v) is 6.76. The first kappa shape index (κ1) is 21.6. The maximum atomic E-state index is 12.7. The molecule has 7 nitrogen and oxygen atoms in total. The van der Waals surface area contributed by atoms with Crippen LogP contribution in [0.3, 0.4) is 0 Å². The Hall–Kier alpha value is -3.15. The first-order valence-corrected chi connectivity index (χ1v) is 11.0. The highest BCUT2D eigenvalue weighted by atomic mass is 32.2. The number of nitrogens with one attached hydrogen (secondary N) is 1. The Morgan fingerprint density at radius 3 is 2.33 bits per heavy atom. The Bertz CT molecular complexity index is 1050. The predicted molar refractivity (Wildman–Crippen MR) is 114 cm³/mol. The van der Waals surface area contributed by atoms with Gasteiger partial charge in [0, 0.05) is 50.3 Å². The highest BCUT2D eigenvalue weighted by molar-refractivity contribution is 7.89. The average molecular weight is 426 g/mol. The fraction of sp³-hybridized carbons (Fsp3) is 0.273. The van der Waals surface area contributed by atoms with Gasteiger partial charge >= 0.3 is 0 Å². The van der Waals surface area contributed by atoms with Crippen LogP contribution in [-0.4, -0.2) is 55.6 Å². The van der Waals surface area contributed by atoms with E-state index in [1.807, 2.05) is 0 Å². The van der Waals surface area contributed by atoms with Crippen LogP contribution in [0.25, 0.3) is 0 Å². The number of amides is 2. The number of nitrogens with zero attached hydrogens (tertiary/aromatic N) is 2. The van der Waals surface area contributed by atoms with E-state index in [1.54, 1.807) is 59.5 Å². The number of anilines is 1. The lowest BCUT2D eigenvalue weighted by atomic mass is 10.2. The molecular formula is C22H23N3O4S. The normalized spacial score (nSPS) is 14.7. The van der Waals surface area contributed by atoms with E-state index in [1.165, 1.54) is 4.31 Å².